The van der Waals surface area contributed by atoms with E-state index in [1.807, 2.05) is 0 Å². The highest BCUT2D eigenvalue weighted by Crippen LogP contribution is 2.26. The third-order valence-corrected chi connectivity index (χ3v) is 6.77. The van der Waals surface area contributed by atoms with Gasteiger partial charge in [0.15, 0.2) is 17.0 Å². The van der Waals surface area contributed by atoms with Crippen molar-refractivity contribution in [3.05, 3.63) is 80.5 Å². The Bertz CT molecular complexity index is 1680. The van der Waals surface area contributed by atoms with Crippen LogP contribution in [0.1, 0.15) is 74.0 Å². The molecule has 0 aliphatic carbocycles. The van der Waals surface area contributed by atoms with Crippen LogP contribution in [-0.2, 0) is 19.0 Å². The zero-order valence-corrected chi connectivity index (χ0v) is 26.0. The summed E-state index contributed by atoms with van der Waals surface area (Å²) in [6.07, 6.45) is 2.77. The number of carbonyl (C=O) groups excluding carboxylic acids is 3. The van der Waals surface area contributed by atoms with E-state index >= 15 is 0 Å². The molecule has 244 valence electrons. The summed E-state index contributed by atoms with van der Waals surface area (Å²) in [5.74, 6) is -2.19. The zero-order chi connectivity index (χ0) is 33.1. The van der Waals surface area contributed by atoms with Gasteiger partial charge in [0.05, 0.1) is 13.2 Å². The van der Waals surface area contributed by atoms with Gasteiger partial charge in [-0.15, -0.1) is 0 Å². The average Bonchev–Trinajstić information content (AvgIpc) is 3.04. The van der Waals surface area contributed by atoms with Gasteiger partial charge >= 0.3 is 17.9 Å². The quantitative estimate of drug-likeness (QED) is 0.0854. The topological polar surface area (TPSA) is 158 Å². The van der Waals surface area contributed by atoms with Crippen molar-refractivity contribution in [3.8, 4) is 11.5 Å². The third kappa shape index (κ3) is 8.52. The zero-order valence-electron chi connectivity index (χ0n) is 26.0. The summed E-state index contributed by atoms with van der Waals surface area (Å²) in [7, 11) is 0. The van der Waals surface area contributed by atoms with E-state index in [2.05, 4.69) is 6.92 Å². The van der Waals surface area contributed by atoms with E-state index in [0.29, 0.717) is 6.42 Å². The molecule has 0 unspecified atom stereocenters. The van der Waals surface area contributed by atoms with E-state index < -0.39 is 34.9 Å². The van der Waals surface area contributed by atoms with Crippen molar-refractivity contribution < 1.29 is 46.9 Å². The van der Waals surface area contributed by atoms with E-state index in [9.17, 15) is 24.0 Å². The Morgan fingerprint density at radius 1 is 0.696 bits per heavy atom. The molecule has 4 rings (SSSR count). The standard InChI is InChI=1S/C34H36O12/c1-4-7-8-9-16-30(37)44-21(19-42-24-12-10-14-26-31(24)22(35)17-28(45-26)33(38)40-5-2)20-43-25-13-11-15-27-32(25)23(36)18-29(46-27)34(39)41-6-3/h10-15,17-18,21H,4-9,16,19-20H2,1-3H3. The van der Waals surface area contributed by atoms with Crippen molar-refractivity contribution in [1.82, 2.24) is 0 Å². The summed E-state index contributed by atoms with van der Waals surface area (Å²) in [5, 5.41) is 0.176. The normalized spacial score (nSPS) is 11.0. The first-order valence-corrected chi connectivity index (χ1v) is 15.2. The number of benzene rings is 2. The first-order valence-electron chi connectivity index (χ1n) is 15.2. The van der Waals surface area contributed by atoms with E-state index in [1.165, 1.54) is 12.1 Å². The number of unbranched alkanes of at least 4 members (excludes halogenated alkanes) is 3. The van der Waals surface area contributed by atoms with Gasteiger partial charge in [0, 0.05) is 18.6 Å². The van der Waals surface area contributed by atoms with Crippen molar-refractivity contribution in [2.24, 2.45) is 0 Å². The van der Waals surface area contributed by atoms with E-state index in [4.69, 9.17) is 32.5 Å². The van der Waals surface area contributed by atoms with Crippen LogP contribution in [0.4, 0.5) is 0 Å². The van der Waals surface area contributed by atoms with Crippen molar-refractivity contribution in [3.63, 3.8) is 0 Å². The van der Waals surface area contributed by atoms with Crippen molar-refractivity contribution >= 4 is 39.8 Å². The van der Waals surface area contributed by atoms with Gasteiger partial charge in [0.25, 0.3) is 0 Å². The monoisotopic (exact) mass is 636 g/mol. The molecule has 0 aliphatic heterocycles. The van der Waals surface area contributed by atoms with Gasteiger partial charge in [0.1, 0.15) is 46.7 Å². The molecule has 2 aromatic carbocycles. The number of rotatable bonds is 16. The Balaban J connectivity index is 1.56. The molecule has 0 fully saturated rings. The van der Waals surface area contributed by atoms with Gasteiger partial charge < -0.3 is 32.5 Å². The first-order chi connectivity index (χ1) is 22.2. The highest BCUT2D eigenvalue weighted by Gasteiger charge is 2.22. The Hall–Kier alpha value is -5.13. The van der Waals surface area contributed by atoms with Crippen molar-refractivity contribution in [1.29, 1.82) is 0 Å². The molecule has 0 radical (unpaired) electrons. The van der Waals surface area contributed by atoms with Crippen LogP contribution in [0.3, 0.4) is 0 Å². The largest absolute Gasteiger partial charge is 0.489 e. The van der Waals surface area contributed by atoms with Gasteiger partial charge in [-0.3, -0.25) is 14.4 Å². The number of hydrogen-bond donors (Lipinski definition) is 0. The van der Waals surface area contributed by atoms with Crippen LogP contribution in [0.5, 0.6) is 11.5 Å². The van der Waals surface area contributed by atoms with Gasteiger partial charge in [-0.25, -0.2) is 9.59 Å². The smallest absolute Gasteiger partial charge is 0.374 e. The lowest BCUT2D eigenvalue weighted by Crippen LogP contribution is -2.31. The molecule has 0 aliphatic rings. The predicted molar refractivity (Wildman–Crippen MR) is 167 cm³/mol. The summed E-state index contributed by atoms with van der Waals surface area (Å²) >= 11 is 0. The fraction of sp³-hybridized carbons (Fsp3) is 0.382. The van der Waals surface area contributed by atoms with Crippen LogP contribution in [0.25, 0.3) is 21.9 Å². The van der Waals surface area contributed by atoms with Crippen LogP contribution < -0.4 is 20.3 Å². The Morgan fingerprint density at radius 2 is 1.20 bits per heavy atom. The second kappa shape index (κ2) is 16.3. The highest BCUT2D eigenvalue weighted by molar-refractivity contribution is 5.91. The van der Waals surface area contributed by atoms with Crippen LogP contribution in [0.15, 0.2) is 67.0 Å². The number of ether oxygens (including phenoxy) is 5. The second-order valence-corrected chi connectivity index (χ2v) is 10.2. The number of esters is 3. The molecule has 0 bridgehead atoms. The van der Waals surface area contributed by atoms with Crippen LogP contribution >= 0.6 is 0 Å². The van der Waals surface area contributed by atoms with Gasteiger partial charge in [-0.05, 0) is 44.5 Å². The SMILES string of the molecule is CCCCCCC(=O)OC(COc1cccc2oc(C(=O)OCC)cc(=O)c12)COc1cccc2oc(C(=O)OCC)cc(=O)c12. The van der Waals surface area contributed by atoms with Gasteiger partial charge in [0.2, 0.25) is 11.5 Å². The third-order valence-electron chi connectivity index (χ3n) is 6.77. The second-order valence-electron chi connectivity index (χ2n) is 10.2. The molecule has 0 spiro atoms. The van der Waals surface area contributed by atoms with Crippen LogP contribution in [0.2, 0.25) is 0 Å². The molecule has 4 aromatic rings. The Morgan fingerprint density at radius 3 is 1.65 bits per heavy atom. The molecule has 0 saturated carbocycles. The molecular formula is C34H36O12. The molecule has 0 N–H and O–H groups in total. The highest BCUT2D eigenvalue weighted by atomic mass is 16.6. The molecule has 2 heterocycles. The van der Waals surface area contributed by atoms with Crippen LogP contribution in [-0.4, -0.2) is 50.4 Å². The first kappa shape index (κ1) is 33.8. The summed E-state index contributed by atoms with van der Waals surface area (Å²) < 4.78 is 38.7. The Labute approximate surface area is 264 Å². The summed E-state index contributed by atoms with van der Waals surface area (Å²) in [6.45, 7) is 5.14. The average molecular weight is 637 g/mol. The van der Waals surface area contributed by atoms with E-state index in [-0.39, 0.29) is 77.8 Å². The number of carbonyl (C=O) groups is 3. The summed E-state index contributed by atoms with van der Waals surface area (Å²) in [4.78, 5) is 62.9. The summed E-state index contributed by atoms with van der Waals surface area (Å²) in [6, 6.07) is 11.4. The fourth-order valence-corrected chi connectivity index (χ4v) is 4.62. The number of hydrogen-bond acceptors (Lipinski definition) is 12. The summed E-state index contributed by atoms with van der Waals surface area (Å²) in [5.41, 5.74) is -0.826. The lowest BCUT2D eigenvalue weighted by Gasteiger charge is -2.20. The maximum atomic E-state index is 13.0. The minimum absolute atomic E-state index is 0.0881. The molecule has 46 heavy (non-hydrogen) atoms. The molecule has 0 saturated heterocycles. The molecule has 0 atom stereocenters. The van der Waals surface area contributed by atoms with Crippen LogP contribution in [0, 0.1) is 0 Å². The maximum absolute atomic E-state index is 13.0. The maximum Gasteiger partial charge on any atom is 0.374 e. The Kier molecular flexibility index (Phi) is 11.9. The minimum Gasteiger partial charge on any atom is -0.489 e. The van der Waals surface area contributed by atoms with Crippen molar-refractivity contribution in [2.45, 2.75) is 59.0 Å². The molecule has 12 heteroatoms. The van der Waals surface area contributed by atoms with E-state index in [1.54, 1.807) is 38.1 Å². The number of fused-ring (bicyclic) bond motifs is 2. The lowest BCUT2D eigenvalue weighted by molar-refractivity contribution is -0.152. The molecule has 12 nitrogen and oxygen atoms in total. The van der Waals surface area contributed by atoms with E-state index in [0.717, 1.165) is 31.4 Å². The fourth-order valence-electron chi connectivity index (χ4n) is 4.62. The molecule has 2 aromatic heterocycles. The van der Waals surface area contributed by atoms with Crippen molar-refractivity contribution in [2.75, 3.05) is 26.4 Å². The van der Waals surface area contributed by atoms with Gasteiger partial charge in [-0.1, -0.05) is 38.3 Å². The minimum atomic E-state index is -0.958. The lowest BCUT2D eigenvalue weighted by atomic mass is 10.1. The molecular weight excluding hydrogens is 600 g/mol. The molecule has 0 amide bonds. The van der Waals surface area contributed by atoms with Gasteiger partial charge in [-0.2, -0.15) is 0 Å². The predicted octanol–water partition coefficient (Wildman–Crippen LogP) is 5.59.